The summed E-state index contributed by atoms with van der Waals surface area (Å²) in [7, 11) is 2.99. The quantitative estimate of drug-likeness (QED) is 0.559. The van der Waals surface area contributed by atoms with Crippen LogP contribution in [-0.2, 0) is 9.53 Å². The number of carbonyl (C=O) groups excluding carboxylic acids is 2. The monoisotopic (exact) mass is 430 g/mol. The van der Waals surface area contributed by atoms with Gasteiger partial charge in [0.2, 0.25) is 11.6 Å². The summed E-state index contributed by atoms with van der Waals surface area (Å²) in [5, 5.41) is 6.20. The van der Waals surface area contributed by atoms with Crippen LogP contribution in [0.3, 0.4) is 0 Å². The van der Waals surface area contributed by atoms with Gasteiger partial charge in [-0.3, -0.25) is 14.2 Å². The van der Waals surface area contributed by atoms with Crippen molar-refractivity contribution in [1.82, 2.24) is 14.7 Å². The lowest BCUT2D eigenvalue weighted by molar-refractivity contribution is -0.118. The Hall–Kier alpha value is -3.89. The van der Waals surface area contributed by atoms with Gasteiger partial charge in [0.1, 0.15) is 17.3 Å². The van der Waals surface area contributed by atoms with Crippen molar-refractivity contribution in [3.63, 3.8) is 0 Å². The maximum atomic E-state index is 13.1. The summed E-state index contributed by atoms with van der Waals surface area (Å²) in [4.78, 5) is 42.3. The van der Waals surface area contributed by atoms with Gasteiger partial charge >= 0.3 is 5.97 Å². The largest absolute Gasteiger partial charge is 0.493 e. The molecule has 0 aliphatic rings. The van der Waals surface area contributed by atoms with Crippen LogP contribution in [0.25, 0.3) is 11.1 Å². The lowest BCUT2D eigenvalue weighted by Gasteiger charge is -2.17. The second-order valence-corrected chi connectivity index (χ2v) is 6.50. The van der Waals surface area contributed by atoms with Gasteiger partial charge in [-0.15, -0.1) is 0 Å². The molecular formula is C20H22N4O7. The van der Waals surface area contributed by atoms with Crippen molar-refractivity contribution in [2.45, 2.75) is 26.8 Å². The molecule has 0 saturated carbocycles. The lowest BCUT2D eigenvalue weighted by atomic mass is 10.2. The first-order valence-corrected chi connectivity index (χ1v) is 9.40. The van der Waals surface area contributed by atoms with Gasteiger partial charge in [-0.25, -0.2) is 4.79 Å². The predicted molar refractivity (Wildman–Crippen MR) is 110 cm³/mol. The number of fused-ring (bicyclic) bond motifs is 1. The fourth-order valence-corrected chi connectivity index (χ4v) is 3.09. The Morgan fingerprint density at radius 3 is 2.58 bits per heavy atom. The average molecular weight is 430 g/mol. The fraction of sp³-hybridized carbons (Fsp3) is 0.350. The topological polar surface area (TPSA) is 135 Å². The third-order valence-corrected chi connectivity index (χ3v) is 4.61. The molecule has 0 aliphatic heterocycles. The molecule has 0 unspecified atom stereocenters. The first-order valence-electron chi connectivity index (χ1n) is 9.40. The minimum Gasteiger partial charge on any atom is -0.493 e. The van der Waals surface area contributed by atoms with E-state index in [1.807, 2.05) is 0 Å². The van der Waals surface area contributed by atoms with Crippen LogP contribution in [0.2, 0.25) is 0 Å². The molecule has 0 fully saturated rings. The number of rotatable bonds is 7. The Morgan fingerprint density at radius 1 is 1.23 bits per heavy atom. The van der Waals surface area contributed by atoms with Gasteiger partial charge in [0.05, 0.1) is 20.8 Å². The molecule has 31 heavy (non-hydrogen) atoms. The molecule has 0 aliphatic carbocycles. The van der Waals surface area contributed by atoms with E-state index < -0.39 is 23.5 Å². The van der Waals surface area contributed by atoms with E-state index in [2.05, 4.69) is 15.5 Å². The van der Waals surface area contributed by atoms with E-state index in [0.717, 1.165) is 0 Å². The minimum atomic E-state index is -0.956. The van der Waals surface area contributed by atoms with E-state index >= 15 is 0 Å². The summed E-state index contributed by atoms with van der Waals surface area (Å²) >= 11 is 0. The van der Waals surface area contributed by atoms with E-state index in [1.54, 1.807) is 32.0 Å². The van der Waals surface area contributed by atoms with Crippen molar-refractivity contribution in [2.75, 3.05) is 26.1 Å². The molecule has 0 spiro atoms. The Bertz CT molecular complexity index is 1200. The van der Waals surface area contributed by atoms with Crippen LogP contribution in [0.1, 0.15) is 36.2 Å². The number of methoxy groups -OCH3 is 2. The molecule has 0 radical (unpaired) electrons. The number of ether oxygens (including phenoxy) is 3. The van der Waals surface area contributed by atoms with Crippen LogP contribution in [0.4, 0.5) is 5.69 Å². The number of hydrogen-bond donors (Lipinski definition) is 1. The number of benzene rings is 1. The van der Waals surface area contributed by atoms with Crippen LogP contribution in [0, 0.1) is 6.92 Å². The zero-order chi connectivity index (χ0) is 22.7. The fourth-order valence-electron chi connectivity index (χ4n) is 3.09. The third-order valence-electron chi connectivity index (χ3n) is 4.61. The predicted octanol–water partition coefficient (Wildman–Crippen LogP) is 2.09. The molecule has 164 valence electrons. The third kappa shape index (κ3) is 4.06. The van der Waals surface area contributed by atoms with Crippen LogP contribution >= 0.6 is 0 Å². The van der Waals surface area contributed by atoms with Gasteiger partial charge < -0.3 is 24.1 Å². The SMILES string of the molecule is CCOC(=O)c1noc2nc(C)n([C@@H](C)C(=O)Nc3ccc(OC)c(OC)c3)c(=O)c12. The molecule has 0 saturated heterocycles. The van der Waals surface area contributed by atoms with Crippen molar-refractivity contribution in [3.8, 4) is 11.5 Å². The minimum absolute atomic E-state index is 0.102. The summed E-state index contributed by atoms with van der Waals surface area (Å²) < 4.78 is 21.5. The van der Waals surface area contributed by atoms with Crippen LogP contribution in [-0.4, -0.2) is 47.4 Å². The molecule has 1 amide bonds. The standard InChI is InChI=1S/C20H22N4O7/c1-6-30-20(27)16-15-18(31-23-16)21-11(3)24(19(15)26)10(2)17(25)22-12-7-8-13(28-4)14(9-12)29-5/h7-10H,6H2,1-5H3,(H,22,25)/t10-/m0/s1. The van der Waals surface area contributed by atoms with Gasteiger partial charge in [-0.05, 0) is 32.9 Å². The molecule has 3 aromatic rings. The highest BCUT2D eigenvalue weighted by molar-refractivity contribution is 6.00. The number of esters is 1. The first-order chi connectivity index (χ1) is 14.8. The smallest absolute Gasteiger partial charge is 0.361 e. The maximum absolute atomic E-state index is 13.1. The summed E-state index contributed by atoms with van der Waals surface area (Å²) in [6, 6.07) is 3.93. The van der Waals surface area contributed by atoms with Crippen molar-refractivity contribution in [3.05, 3.63) is 40.1 Å². The summed E-state index contributed by atoms with van der Waals surface area (Å²) in [6.45, 7) is 4.81. The molecule has 2 heterocycles. The van der Waals surface area contributed by atoms with Crippen LogP contribution in [0.15, 0.2) is 27.5 Å². The Labute approximate surface area is 176 Å². The highest BCUT2D eigenvalue weighted by atomic mass is 16.5. The molecule has 2 aromatic heterocycles. The van der Waals surface area contributed by atoms with E-state index in [4.69, 9.17) is 18.7 Å². The number of nitrogens with zero attached hydrogens (tertiary/aromatic N) is 3. The highest BCUT2D eigenvalue weighted by Gasteiger charge is 2.27. The molecule has 11 heteroatoms. The molecule has 11 nitrogen and oxygen atoms in total. The highest BCUT2D eigenvalue weighted by Crippen LogP contribution is 2.30. The second-order valence-electron chi connectivity index (χ2n) is 6.50. The number of anilines is 1. The number of hydrogen-bond acceptors (Lipinski definition) is 9. The first kappa shape index (κ1) is 21.8. The normalized spacial score (nSPS) is 11.8. The van der Waals surface area contributed by atoms with E-state index in [1.165, 1.54) is 25.7 Å². The van der Waals surface area contributed by atoms with Crippen molar-refractivity contribution < 1.29 is 28.3 Å². The Morgan fingerprint density at radius 2 is 1.94 bits per heavy atom. The lowest BCUT2D eigenvalue weighted by Crippen LogP contribution is -2.34. The second kappa shape index (κ2) is 8.86. The molecular weight excluding hydrogens is 408 g/mol. The zero-order valence-electron chi connectivity index (χ0n) is 17.7. The summed E-state index contributed by atoms with van der Waals surface area (Å²) in [5.41, 5.74) is -0.571. The number of nitrogens with one attached hydrogen (secondary N) is 1. The van der Waals surface area contributed by atoms with Crippen LogP contribution < -0.4 is 20.3 Å². The number of aromatic nitrogens is 3. The molecule has 1 aromatic carbocycles. The molecule has 1 N–H and O–H groups in total. The zero-order valence-corrected chi connectivity index (χ0v) is 17.7. The van der Waals surface area contributed by atoms with Crippen molar-refractivity contribution >= 4 is 28.7 Å². The summed E-state index contributed by atoms with van der Waals surface area (Å²) in [5.74, 6) is -0.119. The molecule has 1 atom stereocenters. The van der Waals surface area contributed by atoms with Crippen molar-refractivity contribution in [1.29, 1.82) is 0 Å². The summed E-state index contributed by atoms with van der Waals surface area (Å²) in [6.07, 6.45) is 0. The van der Waals surface area contributed by atoms with Gasteiger partial charge in [0.15, 0.2) is 11.5 Å². The van der Waals surface area contributed by atoms with E-state index in [0.29, 0.717) is 17.2 Å². The van der Waals surface area contributed by atoms with E-state index in [-0.39, 0.29) is 29.2 Å². The van der Waals surface area contributed by atoms with Crippen LogP contribution in [0.5, 0.6) is 11.5 Å². The molecule has 0 bridgehead atoms. The number of amides is 1. The maximum Gasteiger partial charge on any atom is 0.361 e. The van der Waals surface area contributed by atoms with Crippen molar-refractivity contribution in [2.24, 2.45) is 0 Å². The Kier molecular flexibility index (Phi) is 6.23. The average Bonchev–Trinajstić information content (AvgIpc) is 3.17. The van der Waals surface area contributed by atoms with E-state index in [9.17, 15) is 14.4 Å². The Balaban J connectivity index is 1.97. The number of carbonyl (C=O) groups is 2. The van der Waals surface area contributed by atoms with Gasteiger partial charge in [0, 0.05) is 11.8 Å². The molecule has 3 rings (SSSR count). The number of aryl methyl sites for hydroxylation is 1. The van der Waals surface area contributed by atoms with Gasteiger partial charge in [-0.1, -0.05) is 5.16 Å². The van der Waals surface area contributed by atoms with Gasteiger partial charge in [0.25, 0.3) is 11.3 Å². The van der Waals surface area contributed by atoms with Gasteiger partial charge in [-0.2, -0.15) is 4.98 Å².